The maximum absolute atomic E-state index is 5.29. The number of hydrogen-bond acceptors (Lipinski definition) is 1. The molecule has 0 aliphatic carbocycles. The predicted octanol–water partition coefficient (Wildman–Crippen LogP) is 2.61. The summed E-state index contributed by atoms with van der Waals surface area (Å²) in [5.41, 5.74) is 3.46. The lowest BCUT2D eigenvalue weighted by molar-refractivity contribution is 0.390. The molecule has 0 heterocycles. The fraction of sp³-hybridized carbons (Fsp3) is 0.600. The molecule has 2 heteroatoms. The lowest BCUT2D eigenvalue weighted by Gasteiger charge is -2.31. The first kappa shape index (κ1) is 15.9. The number of hydrogen-bond donors (Lipinski definition) is 0. The molecule has 0 atom stereocenters. The van der Waals surface area contributed by atoms with E-state index >= 15 is 0 Å². The van der Waals surface area contributed by atoms with Crippen LogP contribution in [0.3, 0.4) is 0 Å². The molecule has 0 aliphatic rings. The Balaban J connectivity index is 4.57. The SMILES string of the molecule is C#CCN(CC#C)CC#C[Si](C)(C)C(C)(C)C. The third kappa shape index (κ3) is 5.65. The van der Waals surface area contributed by atoms with Gasteiger partial charge in [0.05, 0.1) is 19.6 Å². The van der Waals surface area contributed by atoms with E-state index in [0.29, 0.717) is 24.7 Å². The van der Waals surface area contributed by atoms with Gasteiger partial charge in [-0.15, -0.1) is 18.4 Å². The Morgan fingerprint density at radius 1 is 1.00 bits per heavy atom. The molecule has 0 bridgehead atoms. The van der Waals surface area contributed by atoms with Crippen molar-refractivity contribution in [1.82, 2.24) is 4.90 Å². The van der Waals surface area contributed by atoms with Crippen LogP contribution in [0.5, 0.6) is 0 Å². The van der Waals surface area contributed by atoms with Crippen molar-refractivity contribution in [3.05, 3.63) is 0 Å². The van der Waals surface area contributed by atoms with E-state index in [9.17, 15) is 0 Å². The molecule has 0 aliphatic heterocycles. The molecule has 0 aromatic carbocycles. The van der Waals surface area contributed by atoms with Gasteiger partial charge in [-0.05, 0) is 5.04 Å². The molecular weight excluding hydrogens is 222 g/mol. The lowest BCUT2D eigenvalue weighted by Crippen LogP contribution is -2.36. The summed E-state index contributed by atoms with van der Waals surface area (Å²) in [7, 11) is -1.51. The molecule has 0 spiro atoms. The Hall–Kier alpha value is -1.14. The Morgan fingerprint density at radius 2 is 1.47 bits per heavy atom. The zero-order chi connectivity index (χ0) is 13.5. The maximum atomic E-state index is 5.29. The third-order valence-electron chi connectivity index (χ3n) is 3.21. The summed E-state index contributed by atoms with van der Waals surface area (Å²) in [5, 5.41) is 0.295. The lowest BCUT2D eigenvalue weighted by atomic mass is 10.2. The first-order valence-corrected chi connectivity index (χ1v) is 8.84. The van der Waals surface area contributed by atoms with E-state index < -0.39 is 8.07 Å². The summed E-state index contributed by atoms with van der Waals surface area (Å²) >= 11 is 0. The molecular formula is C15H23NSi. The van der Waals surface area contributed by atoms with Gasteiger partial charge in [-0.3, -0.25) is 4.90 Å². The van der Waals surface area contributed by atoms with Crippen LogP contribution in [0.25, 0.3) is 0 Å². The quantitative estimate of drug-likeness (QED) is 0.546. The minimum Gasteiger partial charge on any atom is -0.270 e. The second kappa shape index (κ2) is 6.56. The van der Waals surface area contributed by atoms with Gasteiger partial charge in [-0.25, -0.2) is 0 Å². The zero-order valence-electron chi connectivity index (χ0n) is 11.7. The van der Waals surface area contributed by atoms with Crippen LogP contribution in [0, 0.1) is 36.2 Å². The number of nitrogens with zero attached hydrogens (tertiary/aromatic N) is 1. The Kier molecular flexibility index (Phi) is 6.12. The standard InChI is InChI=1S/C15H23NSi/c1-8-11-16(12-9-2)13-10-14-17(6,7)15(3,4)5/h1-2H,11-13H2,3-7H3. The molecule has 0 aromatic heterocycles. The highest BCUT2D eigenvalue weighted by Gasteiger charge is 2.33. The molecule has 0 rings (SSSR count). The van der Waals surface area contributed by atoms with Crippen LogP contribution < -0.4 is 0 Å². The topological polar surface area (TPSA) is 3.24 Å². The Bertz CT molecular complexity index is 360. The van der Waals surface area contributed by atoms with E-state index in [1.165, 1.54) is 0 Å². The molecule has 17 heavy (non-hydrogen) atoms. The molecule has 0 unspecified atom stereocenters. The van der Waals surface area contributed by atoms with Crippen molar-refractivity contribution in [2.75, 3.05) is 19.6 Å². The number of rotatable bonds is 3. The summed E-state index contributed by atoms with van der Waals surface area (Å²) in [4.78, 5) is 2.00. The Morgan fingerprint density at radius 3 is 1.82 bits per heavy atom. The van der Waals surface area contributed by atoms with Gasteiger partial charge in [0.15, 0.2) is 0 Å². The smallest absolute Gasteiger partial charge is 0.137 e. The monoisotopic (exact) mass is 245 g/mol. The minimum atomic E-state index is -1.51. The van der Waals surface area contributed by atoms with Crippen molar-refractivity contribution >= 4 is 8.07 Å². The summed E-state index contributed by atoms with van der Waals surface area (Å²) in [6.45, 7) is 13.2. The molecule has 0 aromatic rings. The van der Waals surface area contributed by atoms with E-state index in [-0.39, 0.29) is 0 Å². The summed E-state index contributed by atoms with van der Waals surface area (Å²) in [6, 6.07) is 0. The van der Waals surface area contributed by atoms with Crippen molar-refractivity contribution < 1.29 is 0 Å². The second-order valence-corrected chi connectivity index (χ2v) is 10.7. The van der Waals surface area contributed by atoms with Crippen LogP contribution in [-0.4, -0.2) is 32.6 Å². The largest absolute Gasteiger partial charge is 0.270 e. The van der Waals surface area contributed by atoms with Gasteiger partial charge in [-0.2, -0.15) is 0 Å². The number of terminal acetylenes is 2. The molecule has 0 saturated carbocycles. The van der Waals surface area contributed by atoms with Crippen LogP contribution in [0.1, 0.15) is 20.8 Å². The molecule has 1 nitrogen and oxygen atoms in total. The highest BCUT2D eigenvalue weighted by atomic mass is 28.3. The van der Waals surface area contributed by atoms with E-state index in [0.717, 1.165) is 0 Å². The van der Waals surface area contributed by atoms with Crippen molar-refractivity contribution in [3.63, 3.8) is 0 Å². The van der Waals surface area contributed by atoms with Crippen molar-refractivity contribution in [2.24, 2.45) is 0 Å². The summed E-state index contributed by atoms with van der Waals surface area (Å²) < 4.78 is 0. The molecule has 0 radical (unpaired) electrons. The predicted molar refractivity (Wildman–Crippen MR) is 79.1 cm³/mol. The second-order valence-electron chi connectivity index (χ2n) is 5.73. The highest BCUT2D eigenvalue weighted by molar-refractivity contribution is 6.87. The molecule has 0 amide bonds. The molecule has 0 N–H and O–H groups in total. The van der Waals surface area contributed by atoms with Crippen molar-refractivity contribution in [3.8, 4) is 36.2 Å². The van der Waals surface area contributed by atoms with Gasteiger partial charge in [0.25, 0.3) is 0 Å². The highest BCUT2D eigenvalue weighted by Crippen LogP contribution is 2.34. The molecule has 0 saturated heterocycles. The van der Waals surface area contributed by atoms with Crippen LogP contribution in [-0.2, 0) is 0 Å². The van der Waals surface area contributed by atoms with E-state index in [2.05, 4.69) is 57.2 Å². The van der Waals surface area contributed by atoms with Gasteiger partial charge in [0, 0.05) is 0 Å². The average molecular weight is 245 g/mol. The van der Waals surface area contributed by atoms with Crippen molar-refractivity contribution in [1.29, 1.82) is 0 Å². The average Bonchev–Trinajstić information content (AvgIpc) is 2.16. The van der Waals surface area contributed by atoms with E-state index in [1.54, 1.807) is 0 Å². The van der Waals surface area contributed by atoms with Gasteiger partial charge in [-0.1, -0.05) is 51.6 Å². The van der Waals surface area contributed by atoms with E-state index in [4.69, 9.17) is 12.8 Å². The Labute approximate surface area is 108 Å². The van der Waals surface area contributed by atoms with Crippen LogP contribution in [0.15, 0.2) is 0 Å². The van der Waals surface area contributed by atoms with Gasteiger partial charge < -0.3 is 0 Å². The fourth-order valence-electron chi connectivity index (χ4n) is 0.986. The summed E-state index contributed by atoms with van der Waals surface area (Å²) in [5.74, 6) is 8.46. The van der Waals surface area contributed by atoms with Gasteiger partial charge in [0.2, 0.25) is 0 Å². The van der Waals surface area contributed by atoms with Gasteiger partial charge >= 0.3 is 0 Å². The molecule has 92 valence electrons. The van der Waals surface area contributed by atoms with Crippen LogP contribution in [0.2, 0.25) is 18.1 Å². The van der Waals surface area contributed by atoms with E-state index in [1.807, 2.05) is 4.90 Å². The minimum absolute atomic E-state index is 0.295. The summed E-state index contributed by atoms with van der Waals surface area (Å²) in [6.07, 6.45) is 10.6. The van der Waals surface area contributed by atoms with Crippen LogP contribution >= 0.6 is 0 Å². The fourth-order valence-corrected chi connectivity index (χ4v) is 1.88. The normalized spacial score (nSPS) is 11.3. The first-order chi connectivity index (χ1) is 7.74. The van der Waals surface area contributed by atoms with Crippen LogP contribution in [0.4, 0.5) is 0 Å². The van der Waals surface area contributed by atoms with Crippen molar-refractivity contribution in [2.45, 2.75) is 38.9 Å². The first-order valence-electron chi connectivity index (χ1n) is 5.84. The van der Waals surface area contributed by atoms with Gasteiger partial charge in [0.1, 0.15) is 8.07 Å². The maximum Gasteiger partial charge on any atom is 0.137 e. The molecule has 0 fully saturated rings. The zero-order valence-corrected chi connectivity index (χ0v) is 12.7. The third-order valence-corrected chi connectivity index (χ3v) is 7.76.